The third-order valence-corrected chi connectivity index (χ3v) is 18.3. The number of nitrogens with two attached hydrogens (primary N) is 1. The van der Waals surface area contributed by atoms with Gasteiger partial charge in [0.2, 0.25) is 0 Å². The first-order valence-corrected chi connectivity index (χ1v) is 41.5. The van der Waals surface area contributed by atoms with Crippen LogP contribution in [0.3, 0.4) is 0 Å². The molecule has 10 heteroatoms. The summed E-state index contributed by atoms with van der Waals surface area (Å²) >= 11 is 0. The van der Waals surface area contributed by atoms with Crippen molar-refractivity contribution in [1.29, 1.82) is 0 Å². The van der Waals surface area contributed by atoms with Gasteiger partial charge in [-0.3, -0.25) is 18.6 Å². The molecule has 0 aromatic heterocycles. The van der Waals surface area contributed by atoms with E-state index in [4.69, 9.17) is 24.3 Å². The molecule has 0 aliphatic heterocycles. The maximum absolute atomic E-state index is 12.8. The van der Waals surface area contributed by atoms with Crippen molar-refractivity contribution in [2.45, 2.75) is 380 Å². The van der Waals surface area contributed by atoms with Crippen LogP contribution in [0.4, 0.5) is 0 Å². The number of ether oxygens (including phenoxy) is 2. The SMILES string of the molecule is CC/C=C\C/C=C\C/C=C\C/C=C\C/C=C\C/C=C\C/C=C\C/C=C\CCCCCCCCCCCCC(=O)OC(COC(=O)CCCCCCCCCCCCCCCCCCCCCCCCCCCCC/C=C\C/C=C\CCCCCCC)COP(=O)(O)OCCN. The molecule has 0 aromatic rings. The van der Waals surface area contributed by atoms with Crippen LogP contribution in [0.25, 0.3) is 0 Å². The van der Waals surface area contributed by atoms with Crippen LogP contribution in [0.1, 0.15) is 373 Å². The zero-order valence-corrected chi connectivity index (χ0v) is 62.8. The molecule has 0 amide bonds. The molecule has 0 rings (SSSR count). The fraction of sp³-hybridized carbons (Fsp3) is 0.741. The highest BCUT2D eigenvalue weighted by Gasteiger charge is 2.26. The number of carbonyl (C=O) groups excluding carboxylic acids is 2. The third kappa shape index (κ3) is 79.3. The highest BCUT2D eigenvalue weighted by atomic mass is 31.2. The predicted octanol–water partition coefficient (Wildman–Crippen LogP) is 27.0. The van der Waals surface area contributed by atoms with Gasteiger partial charge in [0.25, 0.3) is 0 Å². The van der Waals surface area contributed by atoms with E-state index in [1.165, 1.54) is 238 Å². The number of rotatable bonds is 75. The van der Waals surface area contributed by atoms with Crippen LogP contribution in [-0.2, 0) is 32.7 Å². The molecule has 2 unspecified atom stereocenters. The minimum Gasteiger partial charge on any atom is -0.462 e. The van der Waals surface area contributed by atoms with E-state index in [-0.39, 0.29) is 38.6 Å². The second-order valence-corrected chi connectivity index (χ2v) is 28.0. The topological polar surface area (TPSA) is 134 Å². The Hall–Kier alpha value is -3.59. The molecular weight excluding hydrogens is 1190 g/mol. The summed E-state index contributed by atoms with van der Waals surface area (Å²) in [7, 11) is -4.40. The number of phosphoric acid groups is 1. The van der Waals surface area contributed by atoms with Crippen molar-refractivity contribution in [2.24, 2.45) is 5.73 Å². The van der Waals surface area contributed by atoms with Gasteiger partial charge in [0.1, 0.15) is 6.61 Å². The van der Waals surface area contributed by atoms with Crippen molar-refractivity contribution >= 4 is 19.8 Å². The summed E-state index contributed by atoms with van der Waals surface area (Å²) < 4.78 is 33.3. The molecule has 0 saturated heterocycles. The summed E-state index contributed by atoms with van der Waals surface area (Å²) in [6.45, 7) is 3.65. The Morgan fingerprint density at radius 3 is 0.863 bits per heavy atom. The molecule has 0 fully saturated rings. The van der Waals surface area contributed by atoms with Crippen LogP contribution >= 0.6 is 7.82 Å². The highest BCUT2D eigenvalue weighted by molar-refractivity contribution is 7.47. The molecule has 548 valence electrons. The van der Waals surface area contributed by atoms with Gasteiger partial charge in [-0.05, 0) is 109 Å². The van der Waals surface area contributed by atoms with Gasteiger partial charge in [-0.2, -0.15) is 0 Å². The number of allylic oxidation sites excluding steroid dienone is 20. The minimum atomic E-state index is -4.40. The monoisotopic (exact) mass is 1340 g/mol. The predicted molar refractivity (Wildman–Crippen MR) is 413 cm³/mol. The second-order valence-electron chi connectivity index (χ2n) is 26.6. The van der Waals surface area contributed by atoms with Crippen molar-refractivity contribution in [3.63, 3.8) is 0 Å². The summed E-state index contributed by atoms with van der Waals surface area (Å²) in [6.07, 6.45) is 112. The first-order chi connectivity index (χ1) is 46.8. The van der Waals surface area contributed by atoms with E-state index in [1.54, 1.807) is 0 Å². The molecule has 2 atom stereocenters. The minimum absolute atomic E-state index is 0.0494. The van der Waals surface area contributed by atoms with Crippen LogP contribution < -0.4 is 5.73 Å². The normalized spacial score (nSPS) is 13.5. The van der Waals surface area contributed by atoms with Crippen LogP contribution in [0.2, 0.25) is 0 Å². The fourth-order valence-corrected chi connectivity index (χ4v) is 12.2. The molecule has 0 spiro atoms. The lowest BCUT2D eigenvalue weighted by Gasteiger charge is -2.19. The number of carbonyl (C=O) groups is 2. The number of hydrogen-bond acceptors (Lipinski definition) is 8. The quantitative estimate of drug-likeness (QED) is 0.0264. The molecule has 0 heterocycles. The molecule has 0 saturated carbocycles. The van der Waals surface area contributed by atoms with Crippen molar-refractivity contribution in [3.8, 4) is 0 Å². The van der Waals surface area contributed by atoms with E-state index in [2.05, 4.69) is 135 Å². The van der Waals surface area contributed by atoms with Crippen molar-refractivity contribution in [2.75, 3.05) is 26.4 Å². The zero-order chi connectivity index (χ0) is 68.6. The number of hydrogen-bond donors (Lipinski definition) is 2. The fourth-order valence-electron chi connectivity index (χ4n) is 11.5. The van der Waals surface area contributed by atoms with Gasteiger partial charge in [0.05, 0.1) is 13.2 Å². The van der Waals surface area contributed by atoms with Crippen molar-refractivity contribution in [3.05, 3.63) is 122 Å². The molecule has 0 aliphatic rings. The van der Waals surface area contributed by atoms with Crippen LogP contribution in [0, 0.1) is 0 Å². The number of esters is 2. The highest BCUT2D eigenvalue weighted by Crippen LogP contribution is 2.43. The molecule has 0 aliphatic carbocycles. The number of unbranched alkanes of at least 4 members (excludes halogenated alkanes) is 42. The van der Waals surface area contributed by atoms with E-state index in [0.29, 0.717) is 6.42 Å². The lowest BCUT2D eigenvalue weighted by molar-refractivity contribution is -0.161. The summed E-state index contributed by atoms with van der Waals surface area (Å²) in [5.74, 6) is -0.823. The van der Waals surface area contributed by atoms with E-state index in [1.807, 2.05) is 0 Å². The van der Waals surface area contributed by atoms with Crippen molar-refractivity contribution < 1.29 is 37.6 Å². The van der Waals surface area contributed by atoms with E-state index >= 15 is 0 Å². The Labute approximate surface area is 587 Å². The average Bonchev–Trinajstić information content (AvgIpc) is 3.32. The van der Waals surface area contributed by atoms with Gasteiger partial charge in [-0.15, -0.1) is 0 Å². The zero-order valence-electron chi connectivity index (χ0n) is 61.9. The average molecular weight is 1350 g/mol. The summed E-state index contributed by atoms with van der Waals surface area (Å²) in [4.78, 5) is 35.5. The molecule has 9 nitrogen and oxygen atoms in total. The van der Waals surface area contributed by atoms with Crippen LogP contribution in [0.15, 0.2) is 122 Å². The third-order valence-electron chi connectivity index (χ3n) is 17.3. The first kappa shape index (κ1) is 91.4. The molecule has 0 bridgehead atoms. The Kier molecular flexibility index (Phi) is 76.4. The molecule has 0 radical (unpaired) electrons. The Balaban J connectivity index is 3.82. The van der Waals surface area contributed by atoms with E-state index in [9.17, 15) is 19.0 Å². The van der Waals surface area contributed by atoms with Crippen LogP contribution in [-0.4, -0.2) is 49.3 Å². The Morgan fingerprint density at radius 2 is 0.579 bits per heavy atom. The maximum Gasteiger partial charge on any atom is 0.472 e. The van der Waals surface area contributed by atoms with Gasteiger partial charge in [0, 0.05) is 19.4 Å². The number of phosphoric ester groups is 1. The lowest BCUT2D eigenvalue weighted by Crippen LogP contribution is -2.29. The standard InChI is InChI=1S/C85H150NO8P/c1-3-5-7-9-11-13-15-17-19-21-23-25-27-29-31-33-35-37-39-40-41-42-44-45-47-49-51-53-55-57-59-61-63-65-67-69-71-73-75-77-84(87)91-81-83(82-93-95(89,90)92-80-79-86)94-85(88)78-76-74-72-70-68-66-64-62-60-58-56-54-52-50-48-46-43-38-36-34-32-30-28-26-24-22-20-18-16-14-12-10-8-6-4-2/h6,8,12,14-15,17-18,20-21,23-24,26,30,32,36,38,46,48,52,54,83H,3-5,7,9-11,13,16,19,22,25,27-29,31,33-35,37,39-45,47,49-51,53,55-82,86H2,1-2H3,(H,89,90)/b8-6-,14-12-,17-15-,20-18-,23-21-,26-24-,32-30-,38-36-,48-46-,54-52-. The summed E-state index contributed by atoms with van der Waals surface area (Å²) in [5, 5.41) is 0. The smallest absolute Gasteiger partial charge is 0.462 e. The molecule has 3 N–H and O–H groups in total. The van der Waals surface area contributed by atoms with Gasteiger partial charge in [-0.1, -0.05) is 373 Å². The second kappa shape index (κ2) is 79.4. The van der Waals surface area contributed by atoms with E-state index < -0.39 is 26.5 Å². The largest absolute Gasteiger partial charge is 0.472 e. The Bertz CT molecular complexity index is 1980. The van der Waals surface area contributed by atoms with Gasteiger partial charge >= 0.3 is 19.8 Å². The molecular formula is C85H150NO8P. The summed E-state index contributed by atoms with van der Waals surface area (Å²) in [5.41, 5.74) is 5.41. The maximum atomic E-state index is 12.8. The van der Waals surface area contributed by atoms with E-state index in [0.717, 1.165) is 103 Å². The van der Waals surface area contributed by atoms with Gasteiger partial charge in [-0.25, -0.2) is 4.57 Å². The van der Waals surface area contributed by atoms with Gasteiger partial charge < -0.3 is 20.1 Å². The van der Waals surface area contributed by atoms with Gasteiger partial charge in [0.15, 0.2) is 6.10 Å². The first-order valence-electron chi connectivity index (χ1n) is 40.0. The lowest BCUT2D eigenvalue weighted by atomic mass is 10.0. The Morgan fingerprint density at radius 1 is 0.326 bits per heavy atom. The summed E-state index contributed by atoms with van der Waals surface area (Å²) in [6, 6.07) is 0. The molecule has 0 aromatic carbocycles. The van der Waals surface area contributed by atoms with Crippen LogP contribution in [0.5, 0.6) is 0 Å². The molecule has 95 heavy (non-hydrogen) atoms. The van der Waals surface area contributed by atoms with Crippen molar-refractivity contribution in [1.82, 2.24) is 0 Å².